The molecule has 96 valence electrons. The van der Waals surface area contributed by atoms with Gasteiger partial charge >= 0.3 is 0 Å². The van der Waals surface area contributed by atoms with E-state index in [1.165, 1.54) is 4.31 Å². The van der Waals surface area contributed by atoms with Gasteiger partial charge in [0.1, 0.15) is 0 Å². The van der Waals surface area contributed by atoms with E-state index in [4.69, 9.17) is 5.73 Å². The monoisotopic (exact) mass is 256 g/mol. The van der Waals surface area contributed by atoms with Gasteiger partial charge in [-0.15, -0.1) is 0 Å². The van der Waals surface area contributed by atoms with E-state index in [1.54, 1.807) is 0 Å². The summed E-state index contributed by atoms with van der Waals surface area (Å²) >= 11 is 0. The van der Waals surface area contributed by atoms with E-state index < -0.39 is 10.0 Å². The Labute approximate surface area is 103 Å². The molecule has 0 aliphatic rings. The minimum absolute atomic E-state index is 0.0196. The molecule has 1 aromatic carbocycles. The number of anilines is 1. The van der Waals surface area contributed by atoms with E-state index in [-0.39, 0.29) is 12.3 Å². The molecule has 0 saturated heterocycles. The quantitative estimate of drug-likeness (QED) is 0.866. The first-order valence-corrected chi connectivity index (χ1v) is 7.31. The smallest absolute Gasteiger partial charge is 0.236 e. The average Bonchev–Trinajstić information content (AvgIpc) is 2.24. The van der Waals surface area contributed by atoms with Crippen molar-refractivity contribution in [1.29, 1.82) is 0 Å². The molecule has 0 amide bonds. The van der Waals surface area contributed by atoms with Crippen LogP contribution >= 0.6 is 0 Å². The molecule has 2 N–H and O–H groups in total. The molecule has 0 radical (unpaired) electrons. The lowest BCUT2D eigenvalue weighted by Crippen LogP contribution is -2.35. The van der Waals surface area contributed by atoms with Gasteiger partial charge in [0.25, 0.3) is 0 Å². The third-order valence-corrected chi connectivity index (χ3v) is 4.72. The molecule has 0 aliphatic carbocycles. The Balaban J connectivity index is 3.24. The van der Waals surface area contributed by atoms with Gasteiger partial charge in [-0.3, -0.25) is 4.31 Å². The fourth-order valence-electron chi connectivity index (χ4n) is 1.78. The molecule has 0 heterocycles. The van der Waals surface area contributed by atoms with E-state index >= 15 is 0 Å². The SMILES string of the molecule is CCN(c1cccc(C)c1C)S(=O)(=O)CCN. The fourth-order valence-corrected chi connectivity index (χ4v) is 3.19. The highest BCUT2D eigenvalue weighted by atomic mass is 32.2. The Hall–Kier alpha value is -1.07. The molecule has 0 bridgehead atoms. The first-order valence-electron chi connectivity index (χ1n) is 5.70. The predicted molar refractivity (Wildman–Crippen MR) is 71.8 cm³/mol. The molecule has 0 fully saturated rings. The first kappa shape index (κ1) is 14.0. The van der Waals surface area contributed by atoms with E-state index in [0.717, 1.165) is 16.8 Å². The third kappa shape index (κ3) is 2.98. The Bertz CT molecular complexity index is 483. The Kier molecular flexibility index (Phi) is 4.54. The summed E-state index contributed by atoms with van der Waals surface area (Å²) < 4.78 is 25.6. The van der Waals surface area contributed by atoms with Crippen molar-refractivity contribution in [3.05, 3.63) is 29.3 Å². The summed E-state index contributed by atoms with van der Waals surface area (Å²) in [5.41, 5.74) is 8.18. The lowest BCUT2D eigenvalue weighted by atomic mass is 10.1. The molecule has 1 aromatic rings. The number of aryl methyl sites for hydroxylation is 1. The summed E-state index contributed by atoms with van der Waals surface area (Å²) in [5, 5.41) is 0. The number of nitrogens with two attached hydrogens (primary N) is 1. The van der Waals surface area contributed by atoms with Gasteiger partial charge in [0.05, 0.1) is 11.4 Å². The molecule has 0 spiro atoms. The largest absolute Gasteiger partial charge is 0.329 e. The Morgan fingerprint density at radius 2 is 1.94 bits per heavy atom. The summed E-state index contributed by atoms with van der Waals surface area (Å²) in [5.74, 6) is -0.0196. The zero-order valence-corrected chi connectivity index (χ0v) is 11.4. The van der Waals surface area contributed by atoms with Gasteiger partial charge < -0.3 is 5.73 Å². The predicted octanol–water partition coefficient (Wildman–Crippen LogP) is 1.42. The first-order chi connectivity index (χ1) is 7.94. The van der Waals surface area contributed by atoms with Crippen LogP contribution in [0.25, 0.3) is 0 Å². The number of nitrogens with zero attached hydrogens (tertiary/aromatic N) is 1. The summed E-state index contributed by atoms with van der Waals surface area (Å²) in [4.78, 5) is 0. The van der Waals surface area contributed by atoms with Crippen LogP contribution in [0, 0.1) is 13.8 Å². The van der Waals surface area contributed by atoms with Crippen LogP contribution in [0.15, 0.2) is 18.2 Å². The summed E-state index contributed by atoms with van der Waals surface area (Å²) in [6.07, 6.45) is 0. The van der Waals surface area contributed by atoms with Crippen LogP contribution in [0.5, 0.6) is 0 Å². The third-order valence-electron chi connectivity index (χ3n) is 2.84. The summed E-state index contributed by atoms with van der Waals surface area (Å²) in [6.45, 7) is 6.31. The molecule has 5 heteroatoms. The molecular weight excluding hydrogens is 236 g/mol. The standard InChI is InChI=1S/C12H20N2O2S/c1-4-14(17(15,16)9-8-13)12-7-5-6-10(2)11(12)3/h5-7H,4,8-9,13H2,1-3H3. The maximum atomic E-state index is 12.1. The number of sulfonamides is 1. The molecule has 4 nitrogen and oxygen atoms in total. The Morgan fingerprint density at radius 3 is 2.47 bits per heavy atom. The zero-order chi connectivity index (χ0) is 13.1. The van der Waals surface area contributed by atoms with Crippen molar-refractivity contribution in [3.63, 3.8) is 0 Å². The second-order valence-electron chi connectivity index (χ2n) is 3.99. The van der Waals surface area contributed by atoms with Crippen LogP contribution in [0.4, 0.5) is 5.69 Å². The van der Waals surface area contributed by atoms with E-state index in [2.05, 4.69) is 0 Å². The summed E-state index contributed by atoms with van der Waals surface area (Å²) in [7, 11) is -3.31. The maximum absolute atomic E-state index is 12.1. The van der Waals surface area contributed by atoms with Crippen LogP contribution in [-0.2, 0) is 10.0 Å². The highest BCUT2D eigenvalue weighted by molar-refractivity contribution is 7.92. The Morgan fingerprint density at radius 1 is 1.29 bits per heavy atom. The van der Waals surface area contributed by atoms with Crippen LogP contribution < -0.4 is 10.0 Å². The van der Waals surface area contributed by atoms with Gasteiger partial charge in [-0.05, 0) is 38.0 Å². The lowest BCUT2D eigenvalue weighted by molar-refractivity contribution is 0.591. The van der Waals surface area contributed by atoms with Crippen molar-refractivity contribution in [1.82, 2.24) is 0 Å². The minimum atomic E-state index is -3.31. The van der Waals surface area contributed by atoms with Crippen molar-refractivity contribution in [3.8, 4) is 0 Å². The highest BCUT2D eigenvalue weighted by Gasteiger charge is 2.21. The van der Waals surface area contributed by atoms with Crippen LogP contribution in [0.3, 0.4) is 0 Å². The molecular formula is C12H20N2O2S. The van der Waals surface area contributed by atoms with E-state index in [9.17, 15) is 8.42 Å². The molecule has 0 atom stereocenters. The number of hydrogen-bond acceptors (Lipinski definition) is 3. The van der Waals surface area contributed by atoms with Gasteiger partial charge in [-0.1, -0.05) is 12.1 Å². The van der Waals surface area contributed by atoms with E-state index in [1.807, 2.05) is 39.0 Å². The zero-order valence-electron chi connectivity index (χ0n) is 10.6. The van der Waals surface area contributed by atoms with Gasteiger partial charge in [0, 0.05) is 13.1 Å². The maximum Gasteiger partial charge on any atom is 0.236 e. The van der Waals surface area contributed by atoms with Crippen molar-refractivity contribution < 1.29 is 8.42 Å². The van der Waals surface area contributed by atoms with E-state index in [0.29, 0.717) is 6.54 Å². The van der Waals surface area contributed by atoms with Crippen molar-refractivity contribution in [2.45, 2.75) is 20.8 Å². The number of rotatable bonds is 5. The molecule has 0 saturated carbocycles. The molecule has 0 unspecified atom stereocenters. The summed E-state index contributed by atoms with van der Waals surface area (Å²) in [6, 6.07) is 5.68. The molecule has 17 heavy (non-hydrogen) atoms. The second-order valence-corrected chi connectivity index (χ2v) is 6.00. The topological polar surface area (TPSA) is 63.4 Å². The van der Waals surface area contributed by atoms with Crippen LogP contribution in [0.2, 0.25) is 0 Å². The molecule has 1 rings (SSSR count). The van der Waals surface area contributed by atoms with Gasteiger partial charge in [0.15, 0.2) is 0 Å². The minimum Gasteiger partial charge on any atom is -0.329 e. The van der Waals surface area contributed by atoms with Crippen molar-refractivity contribution in [2.24, 2.45) is 5.73 Å². The van der Waals surface area contributed by atoms with Crippen LogP contribution in [-0.4, -0.2) is 27.3 Å². The molecule has 0 aromatic heterocycles. The van der Waals surface area contributed by atoms with Crippen molar-refractivity contribution in [2.75, 3.05) is 23.1 Å². The molecule has 0 aliphatic heterocycles. The van der Waals surface area contributed by atoms with Gasteiger partial charge in [0.2, 0.25) is 10.0 Å². The highest BCUT2D eigenvalue weighted by Crippen LogP contribution is 2.25. The second kappa shape index (κ2) is 5.51. The number of benzene rings is 1. The average molecular weight is 256 g/mol. The van der Waals surface area contributed by atoms with Crippen molar-refractivity contribution >= 4 is 15.7 Å². The van der Waals surface area contributed by atoms with Gasteiger partial charge in [-0.25, -0.2) is 8.42 Å². The number of hydrogen-bond donors (Lipinski definition) is 1. The lowest BCUT2D eigenvalue weighted by Gasteiger charge is -2.25. The fraction of sp³-hybridized carbons (Fsp3) is 0.500. The van der Waals surface area contributed by atoms with Gasteiger partial charge in [-0.2, -0.15) is 0 Å². The van der Waals surface area contributed by atoms with Crippen LogP contribution in [0.1, 0.15) is 18.1 Å². The normalized spacial score (nSPS) is 11.5.